The summed E-state index contributed by atoms with van der Waals surface area (Å²) < 4.78 is 30.8. The van der Waals surface area contributed by atoms with E-state index >= 15 is 0 Å². The molecule has 0 aromatic heterocycles. The van der Waals surface area contributed by atoms with Gasteiger partial charge in [0, 0.05) is 26.7 Å². The fraction of sp³-hybridized carbons (Fsp3) is 0.538. The van der Waals surface area contributed by atoms with Crippen molar-refractivity contribution in [1.82, 2.24) is 4.31 Å². The highest BCUT2D eigenvalue weighted by molar-refractivity contribution is 7.88. The molecule has 20 heavy (non-hydrogen) atoms. The van der Waals surface area contributed by atoms with E-state index in [1.165, 1.54) is 11.4 Å². The van der Waals surface area contributed by atoms with Gasteiger partial charge in [-0.1, -0.05) is 24.3 Å². The van der Waals surface area contributed by atoms with E-state index < -0.39 is 10.0 Å². The molecule has 0 saturated heterocycles. The maximum atomic E-state index is 12.3. The van der Waals surface area contributed by atoms with Crippen molar-refractivity contribution < 1.29 is 18.3 Å². The molecule has 0 atom stereocenters. The smallest absolute Gasteiger partial charge is 0.218 e. The first-order chi connectivity index (χ1) is 9.53. The lowest BCUT2D eigenvalue weighted by atomic mass is 10.1. The van der Waals surface area contributed by atoms with Crippen molar-refractivity contribution >= 4 is 10.0 Å². The molecule has 0 amide bonds. The van der Waals surface area contributed by atoms with Gasteiger partial charge in [0.2, 0.25) is 10.0 Å². The highest BCUT2D eigenvalue weighted by atomic mass is 32.2. The summed E-state index contributed by atoms with van der Waals surface area (Å²) in [5.74, 6) is -0.107. The van der Waals surface area contributed by atoms with E-state index in [0.29, 0.717) is 18.7 Å². The summed E-state index contributed by atoms with van der Waals surface area (Å²) in [6, 6.07) is 7.18. The minimum Gasteiger partial charge on any atom is -0.395 e. The molecule has 0 aliphatic heterocycles. The maximum Gasteiger partial charge on any atom is 0.218 e. The van der Waals surface area contributed by atoms with Crippen LogP contribution in [0.2, 0.25) is 0 Å². The lowest BCUT2D eigenvalue weighted by Gasteiger charge is -2.21. The van der Waals surface area contributed by atoms with Gasteiger partial charge in [-0.05, 0) is 11.1 Å². The maximum absolute atomic E-state index is 12.3. The number of hydrogen-bond donors (Lipinski definition) is 2. The van der Waals surface area contributed by atoms with Crippen LogP contribution in [0.1, 0.15) is 11.1 Å². The van der Waals surface area contributed by atoms with Gasteiger partial charge in [0.05, 0.1) is 19.0 Å². The van der Waals surface area contributed by atoms with E-state index in [1.807, 2.05) is 6.07 Å². The van der Waals surface area contributed by atoms with Crippen molar-refractivity contribution in [3.8, 4) is 0 Å². The fourth-order valence-corrected chi connectivity index (χ4v) is 3.34. The van der Waals surface area contributed by atoms with Crippen molar-refractivity contribution in [2.45, 2.75) is 12.3 Å². The zero-order valence-electron chi connectivity index (χ0n) is 11.7. The lowest BCUT2D eigenvalue weighted by Crippen LogP contribution is -2.37. The molecule has 1 rings (SSSR count). The molecule has 0 spiro atoms. The molecule has 0 radical (unpaired) electrons. The second-order valence-electron chi connectivity index (χ2n) is 4.40. The highest BCUT2D eigenvalue weighted by Gasteiger charge is 2.21. The molecule has 114 valence electrons. The molecule has 0 unspecified atom stereocenters. The Labute approximate surface area is 120 Å². The summed E-state index contributed by atoms with van der Waals surface area (Å²) in [5, 5.41) is 8.98. The number of ether oxygens (including phenoxy) is 1. The van der Waals surface area contributed by atoms with Crippen LogP contribution in [0.25, 0.3) is 0 Å². The molecule has 0 saturated carbocycles. The van der Waals surface area contributed by atoms with Crippen molar-refractivity contribution in [3.05, 3.63) is 35.4 Å². The zero-order valence-corrected chi connectivity index (χ0v) is 12.5. The van der Waals surface area contributed by atoms with Crippen molar-refractivity contribution in [1.29, 1.82) is 0 Å². The third-order valence-electron chi connectivity index (χ3n) is 2.86. The number of aliphatic hydroxyl groups is 1. The molecule has 7 heteroatoms. The number of nitrogens with two attached hydrogens (primary N) is 1. The summed E-state index contributed by atoms with van der Waals surface area (Å²) in [4.78, 5) is 0. The van der Waals surface area contributed by atoms with Gasteiger partial charge in [-0.3, -0.25) is 0 Å². The van der Waals surface area contributed by atoms with E-state index in [1.54, 1.807) is 18.2 Å². The van der Waals surface area contributed by atoms with E-state index in [2.05, 4.69) is 0 Å². The van der Waals surface area contributed by atoms with Crippen molar-refractivity contribution in [2.75, 3.05) is 33.4 Å². The van der Waals surface area contributed by atoms with Gasteiger partial charge in [0.1, 0.15) is 0 Å². The Morgan fingerprint density at radius 1 is 1.30 bits per heavy atom. The number of aliphatic hydroxyl groups excluding tert-OH is 1. The Morgan fingerprint density at radius 3 is 2.60 bits per heavy atom. The first-order valence-corrected chi connectivity index (χ1v) is 8.00. The predicted octanol–water partition coefficient (Wildman–Crippen LogP) is -0.0842. The molecular formula is C13H22N2O4S. The number of benzene rings is 1. The number of methoxy groups -OCH3 is 1. The van der Waals surface area contributed by atoms with Gasteiger partial charge < -0.3 is 15.6 Å². The molecule has 6 nitrogen and oxygen atoms in total. The van der Waals surface area contributed by atoms with Gasteiger partial charge in [-0.25, -0.2) is 8.42 Å². The topological polar surface area (TPSA) is 92.9 Å². The standard InChI is InChI=1S/C13H22N2O4S/c1-19-8-6-15(5-7-16)20(17,18)11-13-4-2-3-12(9-13)10-14/h2-4,9,16H,5-8,10-11,14H2,1H3. The molecule has 3 N–H and O–H groups in total. The molecule has 0 aliphatic carbocycles. The molecule has 1 aromatic carbocycles. The molecular weight excluding hydrogens is 280 g/mol. The number of nitrogens with zero attached hydrogens (tertiary/aromatic N) is 1. The Kier molecular flexibility index (Phi) is 7.11. The third kappa shape index (κ3) is 5.18. The number of rotatable bonds is 9. The zero-order chi connectivity index (χ0) is 15.0. The second-order valence-corrected chi connectivity index (χ2v) is 6.36. The van der Waals surface area contributed by atoms with Crippen molar-refractivity contribution in [3.63, 3.8) is 0 Å². The quantitative estimate of drug-likeness (QED) is 0.665. The summed E-state index contributed by atoms with van der Waals surface area (Å²) in [5.41, 5.74) is 7.13. The van der Waals surface area contributed by atoms with Gasteiger partial charge in [-0.2, -0.15) is 4.31 Å². The molecule has 0 aliphatic rings. The fourth-order valence-electron chi connectivity index (χ4n) is 1.84. The van der Waals surface area contributed by atoms with Crippen LogP contribution in [0.15, 0.2) is 24.3 Å². The van der Waals surface area contributed by atoms with Gasteiger partial charge in [0.15, 0.2) is 0 Å². The minimum atomic E-state index is -3.48. The molecule has 1 aromatic rings. The normalized spacial score (nSPS) is 12.0. The van der Waals surface area contributed by atoms with E-state index in [9.17, 15) is 8.42 Å². The predicted molar refractivity (Wildman–Crippen MR) is 77.5 cm³/mol. The average Bonchev–Trinajstić information content (AvgIpc) is 2.43. The molecule has 0 bridgehead atoms. The van der Waals surface area contributed by atoms with Crippen LogP contribution >= 0.6 is 0 Å². The number of sulfonamides is 1. The Hall–Kier alpha value is -0.990. The Bertz CT molecular complexity index is 505. The highest BCUT2D eigenvalue weighted by Crippen LogP contribution is 2.12. The average molecular weight is 302 g/mol. The van der Waals surface area contributed by atoms with Crippen LogP contribution in [-0.4, -0.2) is 51.2 Å². The summed E-state index contributed by atoms with van der Waals surface area (Å²) >= 11 is 0. The molecule has 0 heterocycles. The van der Waals surface area contributed by atoms with Gasteiger partial charge in [-0.15, -0.1) is 0 Å². The van der Waals surface area contributed by atoms with Crippen LogP contribution in [0, 0.1) is 0 Å². The van der Waals surface area contributed by atoms with Crippen molar-refractivity contribution in [2.24, 2.45) is 5.73 Å². The Morgan fingerprint density at radius 2 is 2.00 bits per heavy atom. The SMILES string of the molecule is COCCN(CCO)S(=O)(=O)Cc1cccc(CN)c1. The third-order valence-corrected chi connectivity index (χ3v) is 4.71. The Balaban J connectivity index is 2.84. The summed E-state index contributed by atoms with van der Waals surface area (Å²) in [7, 11) is -1.97. The van der Waals surface area contributed by atoms with E-state index in [0.717, 1.165) is 5.56 Å². The first-order valence-electron chi connectivity index (χ1n) is 6.39. The summed E-state index contributed by atoms with van der Waals surface area (Å²) in [6.07, 6.45) is 0. The van der Waals surface area contributed by atoms with Gasteiger partial charge >= 0.3 is 0 Å². The summed E-state index contributed by atoms with van der Waals surface area (Å²) in [6.45, 7) is 0.754. The van der Waals surface area contributed by atoms with Gasteiger partial charge in [0.25, 0.3) is 0 Å². The molecule has 0 fully saturated rings. The number of hydrogen-bond acceptors (Lipinski definition) is 5. The monoisotopic (exact) mass is 302 g/mol. The second kappa shape index (κ2) is 8.33. The van der Waals surface area contributed by atoms with Crippen LogP contribution in [0.4, 0.5) is 0 Å². The lowest BCUT2D eigenvalue weighted by molar-refractivity contribution is 0.168. The van der Waals surface area contributed by atoms with Crippen LogP contribution in [0.5, 0.6) is 0 Å². The largest absolute Gasteiger partial charge is 0.395 e. The van der Waals surface area contributed by atoms with E-state index in [-0.39, 0.29) is 25.4 Å². The van der Waals surface area contributed by atoms with Crippen LogP contribution in [-0.2, 0) is 27.1 Å². The minimum absolute atomic E-state index is 0.0717. The first kappa shape index (κ1) is 17.1. The van der Waals surface area contributed by atoms with Crippen LogP contribution in [0.3, 0.4) is 0 Å². The van der Waals surface area contributed by atoms with E-state index in [4.69, 9.17) is 15.6 Å². The van der Waals surface area contributed by atoms with Crippen LogP contribution < -0.4 is 5.73 Å².